The summed E-state index contributed by atoms with van der Waals surface area (Å²) in [6.07, 6.45) is 1.77. The maximum Gasteiger partial charge on any atom is 0.242 e. The van der Waals surface area contributed by atoms with Gasteiger partial charge in [0.15, 0.2) is 0 Å². The molecule has 0 unspecified atom stereocenters. The van der Waals surface area contributed by atoms with E-state index in [1.165, 1.54) is 0 Å². The number of ether oxygens (including phenoxy) is 1. The molecule has 0 aliphatic carbocycles. The van der Waals surface area contributed by atoms with Crippen molar-refractivity contribution in [1.82, 2.24) is 15.1 Å². The maximum atomic E-state index is 12.3. The van der Waals surface area contributed by atoms with Gasteiger partial charge in [-0.3, -0.25) is 9.59 Å². The second kappa shape index (κ2) is 6.86. The minimum Gasteiger partial charge on any atom is -0.383 e. The van der Waals surface area contributed by atoms with Crippen molar-refractivity contribution in [1.29, 1.82) is 0 Å². The van der Waals surface area contributed by atoms with Gasteiger partial charge in [-0.2, -0.15) is 0 Å². The molecule has 0 bridgehead atoms. The molecule has 0 radical (unpaired) electrons. The fourth-order valence-electron chi connectivity index (χ4n) is 2.66. The number of hydrogen-bond donors (Lipinski definition) is 1. The van der Waals surface area contributed by atoms with Crippen LogP contribution in [0.4, 0.5) is 0 Å². The van der Waals surface area contributed by atoms with Gasteiger partial charge in [0.2, 0.25) is 11.8 Å². The monoisotopic (exact) mass is 269 g/mol. The lowest BCUT2D eigenvalue weighted by Gasteiger charge is -2.36. The Hall–Kier alpha value is -1.14. The summed E-state index contributed by atoms with van der Waals surface area (Å²) >= 11 is 0. The molecule has 2 saturated heterocycles. The second-order valence-electron chi connectivity index (χ2n) is 5.16. The van der Waals surface area contributed by atoms with Crippen molar-refractivity contribution in [2.75, 3.05) is 53.0 Å². The summed E-state index contributed by atoms with van der Waals surface area (Å²) in [6.45, 7) is 4.47. The largest absolute Gasteiger partial charge is 0.383 e. The van der Waals surface area contributed by atoms with Crippen LogP contribution in [0.3, 0.4) is 0 Å². The summed E-state index contributed by atoms with van der Waals surface area (Å²) in [5.41, 5.74) is 0. The van der Waals surface area contributed by atoms with E-state index < -0.39 is 0 Å². The lowest BCUT2D eigenvalue weighted by atomic mass is 9.96. The number of nitrogens with one attached hydrogen (secondary N) is 1. The molecular weight excluding hydrogens is 246 g/mol. The van der Waals surface area contributed by atoms with Gasteiger partial charge in [-0.15, -0.1) is 0 Å². The van der Waals surface area contributed by atoms with Crippen LogP contribution in [0, 0.1) is 5.92 Å². The van der Waals surface area contributed by atoms with Crippen molar-refractivity contribution < 1.29 is 14.3 Å². The van der Waals surface area contributed by atoms with Gasteiger partial charge >= 0.3 is 0 Å². The summed E-state index contributed by atoms with van der Waals surface area (Å²) in [5.74, 6) is 0.284. The number of piperazine rings is 1. The minimum atomic E-state index is 0.0329. The SMILES string of the molecule is COCCN1CCN(C(=O)C2CCNCC2)CC1=O. The molecule has 0 aromatic heterocycles. The van der Waals surface area contributed by atoms with E-state index in [-0.39, 0.29) is 24.3 Å². The predicted octanol–water partition coefficient (Wildman–Crippen LogP) is -0.697. The standard InChI is InChI=1S/C13H23N3O3/c1-19-9-8-15-6-7-16(10-12(15)17)13(18)11-2-4-14-5-3-11/h11,14H,2-10H2,1H3. The van der Waals surface area contributed by atoms with Crippen molar-refractivity contribution in [3.63, 3.8) is 0 Å². The molecule has 2 aliphatic heterocycles. The average Bonchev–Trinajstić information content (AvgIpc) is 2.46. The van der Waals surface area contributed by atoms with Crippen LogP contribution in [0.1, 0.15) is 12.8 Å². The molecule has 0 spiro atoms. The molecule has 6 heteroatoms. The zero-order chi connectivity index (χ0) is 13.7. The summed E-state index contributed by atoms with van der Waals surface area (Å²) < 4.78 is 4.98. The molecular formula is C13H23N3O3. The normalized spacial score (nSPS) is 21.8. The molecule has 0 aromatic carbocycles. The van der Waals surface area contributed by atoms with Crippen LogP contribution in [0.25, 0.3) is 0 Å². The molecule has 6 nitrogen and oxygen atoms in total. The Morgan fingerprint density at radius 3 is 2.74 bits per heavy atom. The van der Waals surface area contributed by atoms with E-state index in [1.807, 2.05) is 0 Å². The Balaban J connectivity index is 1.83. The molecule has 19 heavy (non-hydrogen) atoms. The maximum absolute atomic E-state index is 12.3. The smallest absolute Gasteiger partial charge is 0.242 e. The van der Waals surface area contributed by atoms with Crippen LogP contribution in [0.2, 0.25) is 0 Å². The van der Waals surface area contributed by atoms with Crippen LogP contribution in [0.5, 0.6) is 0 Å². The first-order valence-corrected chi connectivity index (χ1v) is 6.98. The number of methoxy groups -OCH3 is 1. The first-order chi connectivity index (χ1) is 9.22. The zero-order valence-electron chi connectivity index (χ0n) is 11.6. The number of nitrogens with zero attached hydrogens (tertiary/aromatic N) is 2. The minimum absolute atomic E-state index is 0.0329. The first kappa shape index (κ1) is 14.3. The molecule has 0 aromatic rings. The van der Waals surface area contributed by atoms with Gasteiger partial charge in [0.1, 0.15) is 0 Å². The molecule has 2 fully saturated rings. The first-order valence-electron chi connectivity index (χ1n) is 6.98. The summed E-state index contributed by atoms with van der Waals surface area (Å²) in [6, 6.07) is 0. The highest BCUT2D eigenvalue weighted by Crippen LogP contribution is 2.16. The van der Waals surface area contributed by atoms with Crippen molar-refractivity contribution in [3.05, 3.63) is 0 Å². The van der Waals surface area contributed by atoms with Crippen molar-refractivity contribution in [3.8, 4) is 0 Å². The Morgan fingerprint density at radius 1 is 1.37 bits per heavy atom. The quantitative estimate of drug-likeness (QED) is 0.733. The molecule has 0 atom stereocenters. The van der Waals surface area contributed by atoms with E-state index >= 15 is 0 Å². The second-order valence-corrected chi connectivity index (χ2v) is 5.16. The molecule has 2 heterocycles. The van der Waals surface area contributed by atoms with Gasteiger partial charge in [-0.1, -0.05) is 0 Å². The highest BCUT2D eigenvalue weighted by Gasteiger charge is 2.31. The van der Waals surface area contributed by atoms with Crippen LogP contribution < -0.4 is 5.32 Å². The van der Waals surface area contributed by atoms with E-state index in [0.717, 1.165) is 25.9 Å². The van der Waals surface area contributed by atoms with Crippen LogP contribution in [-0.2, 0) is 14.3 Å². The number of carbonyl (C=O) groups is 2. The fourth-order valence-corrected chi connectivity index (χ4v) is 2.66. The van der Waals surface area contributed by atoms with E-state index in [0.29, 0.717) is 26.2 Å². The summed E-state index contributed by atoms with van der Waals surface area (Å²) in [5, 5.41) is 3.25. The summed E-state index contributed by atoms with van der Waals surface area (Å²) in [7, 11) is 1.63. The third-order valence-electron chi connectivity index (χ3n) is 3.88. The molecule has 1 N–H and O–H groups in total. The highest BCUT2D eigenvalue weighted by molar-refractivity contribution is 5.87. The average molecular weight is 269 g/mol. The van der Waals surface area contributed by atoms with Crippen molar-refractivity contribution in [2.45, 2.75) is 12.8 Å². The Bertz CT molecular complexity index is 329. The van der Waals surface area contributed by atoms with Gasteiger partial charge in [-0.25, -0.2) is 0 Å². The van der Waals surface area contributed by atoms with Crippen molar-refractivity contribution in [2.24, 2.45) is 5.92 Å². The third-order valence-corrected chi connectivity index (χ3v) is 3.88. The Labute approximate surface area is 114 Å². The topological polar surface area (TPSA) is 61.9 Å². The molecule has 2 amide bonds. The van der Waals surface area contributed by atoms with Gasteiger partial charge in [0, 0.05) is 32.7 Å². The number of amides is 2. The van der Waals surface area contributed by atoms with Gasteiger partial charge in [0.05, 0.1) is 13.2 Å². The van der Waals surface area contributed by atoms with Crippen molar-refractivity contribution >= 4 is 11.8 Å². The number of hydrogen-bond acceptors (Lipinski definition) is 4. The van der Waals surface area contributed by atoms with Gasteiger partial charge < -0.3 is 19.9 Å². The zero-order valence-corrected chi connectivity index (χ0v) is 11.6. The van der Waals surface area contributed by atoms with Gasteiger partial charge in [0.25, 0.3) is 0 Å². The van der Waals surface area contributed by atoms with E-state index in [1.54, 1.807) is 16.9 Å². The van der Waals surface area contributed by atoms with E-state index in [9.17, 15) is 9.59 Å². The van der Waals surface area contributed by atoms with E-state index in [2.05, 4.69) is 5.32 Å². The molecule has 2 rings (SSSR count). The fraction of sp³-hybridized carbons (Fsp3) is 0.846. The van der Waals surface area contributed by atoms with Crippen LogP contribution >= 0.6 is 0 Å². The number of piperidine rings is 1. The number of rotatable bonds is 4. The third kappa shape index (κ3) is 3.67. The Kier molecular flexibility index (Phi) is 5.15. The Morgan fingerprint density at radius 2 is 2.11 bits per heavy atom. The molecule has 0 saturated carbocycles. The van der Waals surface area contributed by atoms with E-state index in [4.69, 9.17) is 4.74 Å². The predicted molar refractivity (Wildman–Crippen MR) is 70.6 cm³/mol. The lowest BCUT2D eigenvalue weighted by molar-refractivity contribution is -0.148. The highest BCUT2D eigenvalue weighted by atomic mass is 16.5. The van der Waals surface area contributed by atoms with Crippen LogP contribution in [-0.4, -0.2) is 74.6 Å². The van der Waals surface area contributed by atoms with Crippen LogP contribution in [0.15, 0.2) is 0 Å². The number of carbonyl (C=O) groups excluding carboxylic acids is 2. The lowest BCUT2D eigenvalue weighted by Crippen LogP contribution is -2.54. The summed E-state index contributed by atoms with van der Waals surface area (Å²) in [4.78, 5) is 27.8. The van der Waals surface area contributed by atoms with Gasteiger partial charge in [-0.05, 0) is 25.9 Å². The molecule has 2 aliphatic rings. The molecule has 108 valence electrons.